The highest BCUT2D eigenvalue weighted by Gasteiger charge is 2.23. The van der Waals surface area contributed by atoms with E-state index < -0.39 is 5.97 Å². The molecule has 33 heavy (non-hydrogen) atoms. The zero-order valence-electron chi connectivity index (χ0n) is 19.3. The monoisotopic (exact) mass is 448 g/mol. The quantitative estimate of drug-likeness (QED) is 0.235. The van der Waals surface area contributed by atoms with Crippen LogP contribution in [-0.2, 0) is 14.9 Å². The highest BCUT2D eigenvalue weighted by atomic mass is 16.7. The Hall–Kier alpha value is -3.64. The van der Waals surface area contributed by atoms with Crippen LogP contribution in [0.4, 0.5) is 0 Å². The van der Waals surface area contributed by atoms with Gasteiger partial charge in [0.15, 0.2) is 12.6 Å². The molecule has 0 radical (unpaired) electrons. The molecule has 0 amide bonds. The Morgan fingerprint density at radius 3 is 1.61 bits per heavy atom. The molecule has 3 rings (SSSR count). The van der Waals surface area contributed by atoms with E-state index in [0.29, 0.717) is 16.9 Å². The number of esters is 1. The standard InChI is InChI=1S/C27H28O6/c1-19(28)20-5-7-21(8-6-20)26(29)33-18-32-25-15-11-23(12-16-25)27(2,3)22-9-13-24(14-10-22)31-17-30-4/h5-16H,17-18H2,1-4H3. The van der Waals surface area contributed by atoms with Gasteiger partial charge in [-0.3, -0.25) is 4.79 Å². The van der Waals surface area contributed by atoms with Gasteiger partial charge in [-0.15, -0.1) is 0 Å². The van der Waals surface area contributed by atoms with Crippen LogP contribution in [0, 0.1) is 0 Å². The van der Waals surface area contributed by atoms with Gasteiger partial charge in [-0.1, -0.05) is 50.2 Å². The Bertz CT molecular complexity index is 1070. The smallest absolute Gasteiger partial charge is 0.340 e. The molecule has 0 heterocycles. The SMILES string of the molecule is COCOc1ccc(C(C)(C)c2ccc(OCOC(=O)c3ccc(C(C)=O)cc3)cc2)cc1. The van der Waals surface area contributed by atoms with Crippen LogP contribution in [0.15, 0.2) is 72.8 Å². The number of Topliss-reactive ketones (excluding diaryl/α,β-unsaturated/α-hetero) is 1. The van der Waals surface area contributed by atoms with Gasteiger partial charge in [-0.05, 0) is 54.4 Å². The van der Waals surface area contributed by atoms with E-state index in [1.807, 2.05) is 48.5 Å². The van der Waals surface area contributed by atoms with Crippen molar-refractivity contribution in [2.45, 2.75) is 26.2 Å². The summed E-state index contributed by atoms with van der Waals surface area (Å²) in [6.45, 7) is 5.77. The fraction of sp³-hybridized carbons (Fsp3) is 0.259. The van der Waals surface area contributed by atoms with Gasteiger partial charge in [-0.2, -0.15) is 0 Å². The van der Waals surface area contributed by atoms with Crippen molar-refractivity contribution in [1.82, 2.24) is 0 Å². The van der Waals surface area contributed by atoms with E-state index in [9.17, 15) is 9.59 Å². The predicted octanol–water partition coefficient (Wildman–Crippen LogP) is 5.39. The van der Waals surface area contributed by atoms with Crippen LogP contribution in [0.2, 0.25) is 0 Å². The van der Waals surface area contributed by atoms with Gasteiger partial charge in [0, 0.05) is 18.1 Å². The van der Waals surface area contributed by atoms with Gasteiger partial charge >= 0.3 is 5.97 Å². The van der Waals surface area contributed by atoms with Crippen LogP contribution in [0.25, 0.3) is 0 Å². The maximum absolute atomic E-state index is 12.1. The van der Waals surface area contributed by atoms with Crippen molar-refractivity contribution in [3.63, 3.8) is 0 Å². The number of methoxy groups -OCH3 is 1. The Labute approximate surface area is 194 Å². The topological polar surface area (TPSA) is 71.1 Å². The van der Waals surface area contributed by atoms with Crippen molar-refractivity contribution in [1.29, 1.82) is 0 Å². The second-order valence-electron chi connectivity index (χ2n) is 8.05. The van der Waals surface area contributed by atoms with Crippen LogP contribution in [0.1, 0.15) is 52.6 Å². The molecule has 0 fully saturated rings. The number of hydrogen-bond donors (Lipinski definition) is 0. The molecule has 3 aromatic rings. The Kier molecular flexibility index (Phi) is 7.85. The van der Waals surface area contributed by atoms with Crippen LogP contribution < -0.4 is 9.47 Å². The largest absolute Gasteiger partial charge is 0.468 e. The second kappa shape index (κ2) is 10.8. The van der Waals surface area contributed by atoms with E-state index in [2.05, 4.69) is 13.8 Å². The number of carbonyl (C=O) groups excluding carboxylic acids is 2. The molecule has 0 aliphatic rings. The van der Waals surface area contributed by atoms with Gasteiger partial charge in [0.05, 0.1) is 5.56 Å². The van der Waals surface area contributed by atoms with Gasteiger partial charge in [0.1, 0.15) is 11.5 Å². The lowest BCUT2D eigenvalue weighted by atomic mass is 9.78. The van der Waals surface area contributed by atoms with Crippen molar-refractivity contribution >= 4 is 11.8 Å². The Morgan fingerprint density at radius 1 is 0.697 bits per heavy atom. The number of ketones is 1. The van der Waals surface area contributed by atoms with E-state index in [0.717, 1.165) is 16.9 Å². The minimum atomic E-state index is -0.513. The first-order chi connectivity index (χ1) is 15.8. The normalized spacial score (nSPS) is 11.0. The molecule has 0 aromatic heterocycles. The van der Waals surface area contributed by atoms with Gasteiger partial charge in [0.25, 0.3) is 0 Å². The van der Waals surface area contributed by atoms with Crippen molar-refractivity contribution < 1.29 is 28.5 Å². The van der Waals surface area contributed by atoms with E-state index in [4.69, 9.17) is 18.9 Å². The lowest BCUT2D eigenvalue weighted by molar-refractivity contribution is 0.0154. The number of carbonyl (C=O) groups is 2. The summed E-state index contributed by atoms with van der Waals surface area (Å²) in [5.41, 5.74) is 2.94. The van der Waals surface area contributed by atoms with Crippen LogP contribution in [0.3, 0.4) is 0 Å². The molecule has 0 N–H and O–H groups in total. The predicted molar refractivity (Wildman–Crippen MR) is 125 cm³/mol. The summed E-state index contributed by atoms with van der Waals surface area (Å²) < 4.78 is 21.1. The number of ether oxygens (including phenoxy) is 4. The first kappa shape index (κ1) is 24.0. The lowest BCUT2D eigenvalue weighted by Gasteiger charge is -2.26. The van der Waals surface area contributed by atoms with Gasteiger partial charge in [-0.25, -0.2) is 4.79 Å². The van der Waals surface area contributed by atoms with Crippen molar-refractivity contribution in [2.24, 2.45) is 0 Å². The third kappa shape index (κ3) is 6.20. The molecule has 0 spiro atoms. The molecule has 3 aromatic carbocycles. The number of benzene rings is 3. The molecular formula is C27H28O6. The third-order valence-corrected chi connectivity index (χ3v) is 5.44. The van der Waals surface area contributed by atoms with Crippen LogP contribution in [-0.4, -0.2) is 32.4 Å². The molecular weight excluding hydrogens is 420 g/mol. The molecule has 0 atom stereocenters. The molecule has 0 saturated heterocycles. The average Bonchev–Trinajstić information content (AvgIpc) is 2.83. The fourth-order valence-electron chi connectivity index (χ4n) is 3.30. The van der Waals surface area contributed by atoms with Crippen LogP contribution in [0.5, 0.6) is 11.5 Å². The summed E-state index contributed by atoms with van der Waals surface area (Å²) in [7, 11) is 1.59. The third-order valence-electron chi connectivity index (χ3n) is 5.44. The first-order valence-electron chi connectivity index (χ1n) is 10.5. The molecule has 0 aliphatic heterocycles. The number of rotatable bonds is 10. The highest BCUT2D eigenvalue weighted by molar-refractivity contribution is 5.96. The molecule has 172 valence electrons. The zero-order valence-corrected chi connectivity index (χ0v) is 19.3. The van der Waals surface area contributed by atoms with E-state index in [1.165, 1.54) is 6.92 Å². The maximum atomic E-state index is 12.1. The van der Waals surface area contributed by atoms with Crippen molar-refractivity contribution in [2.75, 3.05) is 20.7 Å². The Balaban J connectivity index is 1.56. The highest BCUT2D eigenvalue weighted by Crippen LogP contribution is 2.33. The summed E-state index contributed by atoms with van der Waals surface area (Å²) in [6, 6.07) is 21.9. The maximum Gasteiger partial charge on any atom is 0.340 e. The summed E-state index contributed by atoms with van der Waals surface area (Å²) >= 11 is 0. The Morgan fingerprint density at radius 2 is 1.15 bits per heavy atom. The molecule has 0 saturated carbocycles. The number of hydrogen-bond acceptors (Lipinski definition) is 6. The summed E-state index contributed by atoms with van der Waals surface area (Å²) in [4.78, 5) is 23.5. The molecule has 0 unspecified atom stereocenters. The molecule has 6 nitrogen and oxygen atoms in total. The lowest BCUT2D eigenvalue weighted by Crippen LogP contribution is -2.18. The summed E-state index contributed by atoms with van der Waals surface area (Å²) in [5.74, 6) is 0.779. The zero-order chi connectivity index (χ0) is 23.8. The summed E-state index contributed by atoms with van der Waals surface area (Å²) in [5, 5.41) is 0. The van der Waals surface area contributed by atoms with Gasteiger partial charge < -0.3 is 18.9 Å². The minimum Gasteiger partial charge on any atom is -0.468 e. The average molecular weight is 449 g/mol. The van der Waals surface area contributed by atoms with Gasteiger partial charge in [0.2, 0.25) is 6.79 Å². The van der Waals surface area contributed by atoms with Crippen LogP contribution >= 0.6 is 0 Å². The van der Waals surface area contributed by atoms with E-state index >= 15 is 0 Å². The van der Waals surface area contributed by atoms with E-state index in [1.54, 1.807) is 31.4 Å². The second-order valence-corrected chi connectivity index (χ2v) is 8.05. The van der Waals surface area contributed by atoms with Crippen molar-refractivity contribution in [3.05, 3.63) is 95.1 Å². The van der Waals surface area contributed by atoms with Crippen molar-refractivity contribution in [3.8, 4) is 11.5 Å². The minimum absolute atomic E-state index is 0.0574. The first-order valence-corrected chi connectivity index (χ1v) is 10.5. The fourth-order valence-corrected chi connectivity index (χ4v) is 3.30. The molecule has 0 bridgehead atoms. The molecule has 0 aliphatic carbocycles. The summed E-state index contributed by atoms with van der Waals surface area (Å²) in [6.07, 6.45) is 0. The molecule has 6 heteroatoms. The van der Waals surface area contributed by atoms with E-state index in [-0.39, 0.29) is 24.8 Å².